The van der Waals surface area contributed by atoms with Gasteiger partial charge in [-0.2, -0.15) is 0 Å². The molecule has 1 N–H and O–H groups in total. The molecule has 1 rings (SSSR count). The van der Waals surface area contributed by atoms with Crippen molar-refractivity contribution < 1.29 is 5.11 Å². The van der Waals surface area contributed by atoms with Crippen LogP contribution in [0.1, 0.15) is 12.8 Å². The summed E-state index contributed by atoms with van der Waals surface area (Å²) < 4.78 is 0. The summed E-state index contributed by atoms with van der Waals surface area (Å²) in [5, 5.41) is 10.8. The molecule has 1 aliphatic carbocycles. The van der Waals surface area contributed by atoms with Crippen LogP contribution in [0.5, 0.6) is 0 Å². The van der Waals surface area contributed by atoms with Crippen LogP contribution < -0.4 is 0 Å². The van der Waals surface area contributed by atoms with Gasteiger partial charge in [-0.05, 0) is 12.8 Å². The Balaban J connectivity index is 2.85. The molecule has 0 heterocycles. The minimum absolute atomic E-state index is 0.208. The summed E-state index contributed by atoms with van der Waals surface area (Å²) in [5.74, 6) is 0.416. The van der Waals surface area contributed by atoms with Crippen molar-refractivity contribution in [3.63, 3.8) is 0 Å². The molecule has 1 nitrogen and oxygen atoms in total. The van der Waals surface area contributed by atoms with Crippen molar-refractivity contribution in [3.05, 3.63) is 25.3 Å². The fraction of sp³-hybridized carbons (Fsp3) is 0.600. The molecule has 0 radical (unpaired) electrons. The van der Waals surface area contributed by atoms with Crippen molar-refractivity contribution in [3.8, 4) is 0 Å². The molecular weight excluding hydrogens is 216 g/mol. The summed E-state index contributed by atoms with van der Waals surface area (Å²) in [6, 6.07) is 0. The molecule has 1 fully saturated rings. The number of aliphatic hydroxyl groups is 1. The van der Waals surface area contributed by atoms with Crippen molar-refractivity contribution in [1.82, 2.24) is 0 Å². The molecule has 0 aromatic carbocycles. The average molecular weight is 231 g/mol. The van der Waals surface area contributed by atoms with Gasteiger partial charge in [-0.1, -0.05) is 28.1 Å². The second-order valence-electron chi connectivity index (χ2n) is 3.39. The third-order valence-corrected chi connectivity index (χ3v) is 3.75. The van der Waals surface area contributed by atoms with E-state index in [2.05, 4.69) is 29.1 Å². The highest BCUT2D eigenvalue weighted by molar-refractivity contribution is 9.09. The van der Waals surface area contributed by atoms with Crippen LogP contribution in [0.15, 0.2) is 25.3 Å². The standard InChI is InChI=1S/C10H15BrO/c1-3-8-5-6-9(4-2)10(8,12)7-11/h3-4,8-9,12H,1-2,5-7H2/t8-,9+,10?. The lowest BCUT2D eigenvalue weighted by Gasteiger charge is -2.30. The van der Waals surface area contributed by atoms with E-state index in [1.807, 2.05) is 12.2 Å². The first-order valence-electron chi connectivity index (χ1n) is 4.22. The molecule has 0 aliphatic heterocycles. The van der Waals surface area contributed by atoms with E-state index in [9.17, 15) is 5.11 Å². The molecule has 1 unspecified atom stereocenters. The van der Waals surface area contributed by atoms with E-state index in [0.717, 1.165) is 12.8 Å². The Kier molecular flexibility index (Phi) is 3.13. The number of alkyl halides is 1. The third-order valence-electron chi connectivity index (χ3n) is 2.86. The van der Waals surface area contributed by atoms with E-state index in [4.69, 9.17) is 0 Å². The van der Waals surface area contributed by atoms with E-state index >= 15 is 0 Å². The Hall–Kier alpha value is -0.0800. The first kappa shape index (κ1) is 10.0. The molecule has 1 aliphatic rings. The topological polar surface area (TPSA) is 20.2 Å². The van der Waals surface area contributed by atoms with Gasteiger partial charge < -0.3 is 5.11 Å². The van der Waals surface area contributed by atoms with Crippen molar-refractivity contribution in [2.75, 3.05) is 5.33 Å². The van der Waals surface area contributed by atoms with Crippen molar-refractivity contribution >= 4 is 15.9 Å². The zero-order valence-corrected chi connectivity index (χ0v) is 8.76. The fourth-order valence-electron chi connectivity index (χ4n) is 1.98. The minimum Gasteiger partial charge on any atom is -0.388 e. The largest absolute Gasteiger partial charge is 0.388 e. The van der Waals surface area contributed by atoms with Crippen molar-refractivity contribution in [1.29, 1.82) is 0 Å². The second kappa shape index (κ2) is 3.75. The predicted molar refractivity (Wildman–Crippen MR) is 55.4 cm³/mol. The summed E-state index contributed by atoms with van der Waals surface area (Å²) in [6.45, 7) is 7.48. The van der Waals surface area contributed by atoms with Gasteiger partial charge in [0, 0.05) is 17.2 Å². The molecule has 1 saturated carbocycles. The van der Waals surface area contributed by atoms with E-state index in [1.165, 1.54) is 0 Å². The molecule has 0 aromatic rings. The third kappa shape index (κ3) is 1.38. The van der Waals surface area contributed by atoms with E-state index in [0.29, 0.717) is 5.33 Å². The lowest BCUT2D eigenvalue weighted by Crippen LogP contribution is -2.39. The summed E-state index contributed by atoms with van der Waals surface area (Å²) in [4.78, 5) is 0. The van der Waals surface area contributed by atoms with Crippen LogP contribution in [-0.2, 0) is 0 Å². The second-order valence-corrected chi connectivity index (χ2v) is 3.95. The van der Waals surface area contributed by atoms with Crippen LogP contribution in [0, 0.1) is 11.8 Å². The van der Waals surface area contributed by atoms with Crippen LogP contribution >= 0.6 is 15.9 Å². The minimum atomic E-state index is -0.649. The van der Waals surface area contributed by atoms with E-state index in [1.54, 1.807) is 0 Å². The Morgan fingerprint density at radius 1 is 1.33 bits per heavy atom. The van der Waals surface area contributed by atoms with Gasteiger partial charge in [-0.25, -0.2) is 0 Å². The quantitative estimate of drug-likeness (QED) is 0.584. The number of halogens is 1. The maximum absolute atomic E-state index is 10.2. The fourth-order valence-corrected chi connectivity index (χ4v) is 2.81. The highest BCUT2D eigenvalue weighted by atomic mass is 79.9. The smallest absolute Gasteiger partial charge is 0.0868 e. The Morgan fingerprint density at radius 3 is 2.00 bits per heavy atom. The van der Waals surface area contributed by atoms with Gasteiger partial charge >= 0.3 is 0 Å². The van der Waals surface area contributed by atoms with Crippen LogP contribution in [0.2, 0.25) is 0 Å². The molecule has 0 saturated heterocycles. The summed E-state index contributed by atoms with van der Waals surface area (Å²) in [6.07, 6.45) is 5.74. The summed E-state index contributed by atoms with van der Waals surface area (Å²) in [7, 11) is 0. The molecule has 0 amide bonds. The Morgan fingerprint density at radius 2 is 1.75 bits per heavy atom. The number of hydrogen-bond acceptors (Lipinski definition) is 1. The first-order chi connectivity index (χ1) is 5.69. The number of rotatable bonds is 3. The van der Waals surface area contributed by atoms with Crippen molar-refractivity contribution in [2.45, 2.75) is 18.4 Å². The molecule has 12 heavy (non-hydrogen) atoms. The Bertz CT molecular complexity index is 172. The lowest BCUT2D eigenvalue weighted by molar-refractivity contribution is 0.0185. The summed E-state index contributed by atoms with van der Waals surface area (Å²) in [5.41, 5.74) is -0.649. The lowest BCUT2D eigenvalue weighted by atomic mass is 9.86. The van der Waals surface area contributed by atoms with Gasteiger partial charge in [0.15, 0.2) is 0 Å². The van der Waals surface area contributed by atoms with Crippen LogP contribution in [0.3, 0.4) is 0 Å². The Labute approximate surface area is 82.3 Å². The molecule has 2 heteroatoms. The van der Waals surface area contributed by atoms with Crippen LogP contribution in [0.25, 0.3) is 0 Å². The first-order valence-corrected chi connectivity index (χ1v) is 5.34. The van der Waals surface area contributed by atoms with Gasteiger partial charge in [0.1, 0.15) is 0 Å². The molecule has 3 atom stereocenters. The van der Waals surface area contributed by atoms with Crippen LogP contribution in [-0.4, -0.2) is 16.0 Å². The maximum atomic E-state index is 10.2. The van der Waals surface area contributed by atoms with Crippen molar-refractivity contribution in [2.24, 2.45) is 11.8 Å². The maximum Gasteiger partial charge on any atom is 0.0868 e. The summed E-state index contributed by atoms with van der Waals surface area (Å²) >= 11 is 3.35. The average Bonchev–Trinajstić information content (AvgIpc) is 2.42. The zero-order chi connectivity index (χ0) is 9.19. The van der Waals surface area contributed by atoms with Gasteiger partial charge in [0.2, 0.25) is 0 Å². The molecular formula is C10H15BrO. The molecule has 0 spiro atoms. The molecule has 0 bridgehead atoms. The predicted octanol–water partition coefficient (Wildman–Crippen LogP) is 2.51. The van der Waals surface area contributed by atoms with E-state index in [-0.39, 0.29) is 11.8 Å². The monoisotopic (exact) mass is 230 g/mol. The van der Waals surface area contributed by atoms with Gasteiger partial charge in [0.05, 0.1) is 5.60 Å². The normalized spacial score (nSPS) is 41.2. The molecule has 0 aromatic heterocycles. The highest BCUT2D eigenvalue weighted by Crippen LogP contribution is 2.42. The van der Waals surface area contributed by atoms with Gasteiger partial charge in [-0.3, -0.25) is 0 Å². The zero-order valence-electron chi connectivity index (χ0n) is 7.17. The molecule has 68 valence electrons. The van der Waals surface area contributed by atoms with Crippen LogP contribution in [0.4, 0.5) is 0 Å². The number of hydrogen-bond donors (Lipinski definition) is 1. The SMILES string of the molecule is C=C[C@@H]1CC[C@H](C=C)C1(O)CBr. The van der Waals surface area contributed by atoms with Gasteiger partial charge in [0.25, 0.3) is 0 Å². The van der Waals surface area contributed by atoms with Gasteiger partial charge in [-0.15, -0.1) is 13.2 Å². The highest BCUT2D eigenvalue weighted by Gasteiger charge is 2.45. The van der Waals surface area contributed by atoms with E-state index < -0.39 is 5.60 Å².